The SMILES string of the molecule is CN(CCC(Oc1ccccc1C1CCN(Cc2ccccc2)CC1)c1ccccc1)C(=O)OC(C)(C)C. The summed E-state index contributed by atoms with van der Waals surface area (Å²) in [5, 5.41) is 0. The molecule has 1 amide bonds. The van der Waals surface area contributed by atoms with Crippen LogP contribution in [0.3, 0.4) is 0 Å². The summed E-state index contributed by atoms with van der Waals surface area (Å²) in [4.78, 5) is 16.7. The first-order valence-electron chi connectivity index (χ1n) is 13.8. The van der Waals surface area contributed by atoms with Crippen LogP contribution in [0.1, 0.15) is 68.7 Å². The molecule has 5 nitrogen and oxygen atoms in total. The second-order valence-electron chi connectivity index (χ2n) is 11.3. The average molecular weight is 515 g/mol. The molecule has 1 fully saturated rings. The lowest BCUT2D eigenvalue weighted by atomic mass is 9.88. The number of para-hydroxylation sites is 1. The zero-order valence-corrected chi connectivity index (χ0v) is 23.3. The van der Waals surface area contributed by atoms with Crippen LogP contribution >= 0.6 is 0 Å². The molecule has 1 atom stereocenters. The molecule has 5 heteroatoms. The normalized spacial score (nSPS) is 15.6. The van der Waals surface area contributed by atoms with Crippen molar-refractivity contribution in [1.29, 1.82) is 0 Å². The molecule has 0 saturated carbocycles. The number of amides is 1. The van der Waals surface area contributed by atoms with Gasteiger partial charge in [0, 0.05) is 26.6 Å². The van der Waals surface area contributed by atoms with E-state index in [9.17, 15) is 4.79 Å². The van der Waals surface area contributed by atoms with Gasteiger partial charge >= 0.3 is 6.09 Å². The van der Waals surface area contributed by atoms with Gasteiger partial charge in [-0.25, -0.2) is 4.79 Å². The summed E-state index contributed by atoms with van der Waals surface area (Å²) in [6.07, 6.45) is 2.42. The molecular weight excluding hydrogens is 472 g/mol. The number of hydrogen-bond donors (Lipinski definition) is 0. The summed E-state index contributed by atoms with van der Waals surface area (Å²) in [6, 6.07) is 29.5. The number of hydrogen-bond acceptors (Lipinski definition) is 4. The van der Waals surface area contributed by atoms with Gasteiger partial charge in [0.15, 0.2) is 0 Å². The summed E-state index contributed by atoms with van der Waals surface area (Å²) >= 11 is 0. The Balaban J connectivity index is 1.43. The predicted octanol–water partition coefficient (Wildman–Crippen LogP) is 7.44. The predicted molar refractivity (Wildman–Crippen MR) is 153 cm³/mol. The first-order valence-corrected chi connectivity index (χ1v) is 13.8. The van der Waals surface area contributed by atoms with E-state index in [1.165, 1.54) is 11.1 Å². The van der Waals surface area contributed by atoms with Crippen LogP contribution in [0.4, 0.5) is 4.79 Å². The lowest BCUT2D eigenvalue weighted by molar-refractivity contribution is 0.0278. The zero-order valence-electron chi connectivity index (χ0n) is 23.3. The second kappa shape index (κ2) is 13.0. The van der Waals surface area contributed by atoms with Gasteiger partial charge in [0.05, 0.1) is 0 Å². The van der Waals surface area contributed by atoms with E-state index in [1.807, 2.05) is 39.0 Å². The number of nitrogens with zero attached hydrogens (tertiary/aromatic N) is 2. The van der Waals surface area contributed by atoms with Crippen LogP contribution in [-0.4, -0.2) is 48.2 Å². The van der Waals surface area contributed by atoms with Gasteiger partial charge in [-0.2, -0.15) is 0 Å². The minimum atomic E-state index is -0.518. The Morgan fingerprint density at radius 1 is 0.921 bits per heavy atom. The molecule has 1 unspecified atom stereocenters. The Morgan fingerprint density at radius 3 is 2.18 bits per heavy atom. The van der Waals surface area contributed by atoms with E-state index in [2.05, 4.69) is 71.6 Å². The molecule has 3 aromatic carbocycles. The van der Waals surface area contributed by atoms with Crippen molar-refractivity contribution >= 4 is 6.09 Å². The quantitative estimate of drug-likeness (QED) is 0.297. The third kappa shape index (κ3) is 8.09. The Bertz CT molecular complexity index is 1140. The Kier molecular flexibility index (Phi) is 9.46. The lowest BCUT2D eigenvalue weighted by Crippen LogP contribution is -2.35. The summed E-state index contributed by atoms with van der Waals surface area (Å²) < 4.78 is 12.3. The van der Waals surface area contributed by atoms with Crippen molar-refractivity contribution in [2.75, 3.05) is 26.7 Å². The maximum Gasteiger partial charge on any atom is 0.410 e. The van der Waals surface area contributed by atoms with Gasteiger partial charge in [0.2, 0.25) is 0 Å². The zero-order chi connectivity index (χ0) is 27.0. The fourth-order valence-corrected chi connectivity index (χ4v) is 5.03. The van der Waals surface area contributed by atoms with Crippen molar-refractivity contribution in [2.45, 2.75) is 64.2 Å². The van der Waals surface area contributed by atoms with Crippen molar-refractivity contribution in [2.24, 2.45) is 0 Å². The van der Waals surface area contributed by atoms with Crippen LogP contribution in [0.25, 0.3) is 0 Å². The van der Waals surface area contributed by atoms with Crippen LogP contribution in [0, 0.1) is 0 Å². The van der Waals surface area contributed by atoms with Gasteiger partial charge in [-0.1, -0.05) is 78.9 Å². The first kappa shape index (κ1) is 27.7. The number of carbonyl (C=O) groups is 1. The maximum absolute atomic E-state index is 12.5. The standard InChI is InChI=1S/C33H42N2O3/c1-33(2,3)38-32(36)34(4)22-21-30(28-15-9-6-10-16-28)37-31-18-12-11-17-29(31)27-19-23-35(24-20-27)25-26-13-7-5-8-14-26/h5-18,27,30H,19-25H2,1-4H3. The number of likely N-dealkylation sites (tertiary alicyclic amines) is 1. The molecule has 1 aliphatic rings. The van der Waals surface area contributed by atoms with Crippen molar-refractivity contribution in [3.05, 3.63) is 102 Å². The third-order valence-corrected chi connectivity index (χ3v) is 7.07. The fraction of sp³-hybridized carbons (Fsp3) is 0.424. The molecule has 1 aliphatic heterocycles. The lowest BCUT2D eigenvalue weighted by Gasteiger charge is -2.33. The molecule has 38 heavy (non-hydrogen) atoms. The first-order chi connectivity index (χ1) is 18.3. The van der Waals surface area contributed by atoms with Gasteiger partial charge in [-0.15, -0.1) is 0 Å². The molecule has 3 aromatic rings. The minimum absolute atomic E-state index is 0.166. The van der Waals surface area contributed by atoms with Gasteiger partial charge < -0.3 is 14.4 Å². The summed E-state index contributed by atoms with van der Waals surface area (Å²) in [5.41, 5.74) is 3.25. The maximum atomic E-state index is 12.5. The molecule has 0 bridgehead atoms. The molecular formula is C33H42N2O3. The van der Waals surface area contributed by atoms with Crippen molar-refractivity contribution < 1.29 is 14.3 Å². The number of piperidine rings is 1. The Hall–Kier alpha value is -3.31. The molecule has 0 aromatic heterocycles. The molecule has 0 spiro atoms. The summed E-state index contributed by atoms with van der Waals surface area (Å²) in [5.74, 6) is 1.42. The number of ether oxygens (including phenoxy) is 2. The molecule has 1 saturated heterocycles. The van der Waals surface area contributed by atoms with E-state index in [0.717, 1.165) is 43.8 Å². The Labute approximate surface area is 228 Å². The average Bonchev–Trinajstić information content (AvgIpc) is 2.92. The molecule has 0 radical (unpaired) electrons. The summed E-state index contributed by atoms with van der Waals surface area (Å²) in [7, 11) is 1.79. The largest absolute Gasteiger partial charge is 0.485 e. The van der Waals surface area contributed by atoms with E-state index in [1.54, 1.807) is 11.9 Å². The Morgan fingerprint density at radius 2 is 1.53 bits per heavy atom. The fourth-order valence-electron chi connectivity index (χ4n) is 5.03. The van der Waals surface area contributed by atoms with Crippen molar-refractivity contribution in [3.63, 3.8) is 0 Å². The smallest absolute Gasteiger partial charge is 0.410 e. The van der Waals surface area contributed by atoms with Gasteiger partial charge in [0.25, 0.3) is 0 Å². The van der Waals surface area contributed by atoms with Gasteiger partial charge in [-0.3, -0.25) is 4.90 Å². The third-order valence-electron chi connectivity index (χ3n) is 7.07. The van der Waals surface area contributed by atoms with E-state index in [-0.39, 0.29) is 12.2 Å². The van der Waals surface area contributed by atoms with Crippen molar-refractivity contribution in [1.82, 2.24) is 9.80 Å². The van der Waals surface area contributed by atoms with Gasteiger partial charge in [0.1, 0.15) is 17.5 Å². The summed E-state index contributed by atoms with van der Waals surface area (Å²) in [6.45, 7) is 9.36. The van der Waals surface area contributed by atoms with Crippen LogP contribution in [0.5, 0.6) is 5.75 Å². The highest BCUT2D eigenvalue weighted by Crippen LogP contribution is 2.37. The molecule has 1 heterocycles. The van der Waals surface area contributed by atoms with Crippen LogP contribution in [0.15, 0.2) is 84.9 Å². The molecule has 0 N–H and O–H groups in total. The van der Waals surface area contributed by atoms with Gasteiger partial charge in [-0.05, 0) is 75.4 Å². The number of carbonyl (C=O) groups excluding carboxylic acids is 1. The minimum Gasteiger partial charge on any atom is -0.485 e. The van der Waals surface area contributed by atoms with Crippen LogP contribution < -0.4 is 4.74 Å². The molecule has 202 valence electrons. The topological polar surface area (TPSA) is 42.0 Å². The highest BCUT2D eigenvalue weighted by Gasteiger charge is 2.25. The van der Waals surface area contributed by atoms with Crippen molar-refractivity contribution in [3.8, 4) is 5.75 Å². The highest BCUT2D eigenvalue weighted by molar-refractivity contribution is 5.67. The van der Waals surface area contributed by atoms with E-state index < -0.39 is 5.60 Å². The van der Waals surface area contributed by atoms with E-state index in [0.29, 0.717) is 18.9 Å². The highest BCUT2D eigenvalue weighted by atomic mass is 16.6. The number of rotatable bonds is 9. The van der Waals surface area contributed by atoms with Crippen LogP contribution in [-0.2, 0) is 11.3 Å². The second-order valence-corrected chi connectivity index (χ2v) is 11.3. The van der Waals surface area contributed by atoms with E-state index >= 15 is 0 Å². The van der Waals surface area contributed by atoms with Crippen LogP contribution in [0.2, 0.25) is 0 Å². The van der Waals surface area contributed by atoms with E-state index in [4.69, 9.17) is 9.47 Å². The molecule has 0 aliphatic carbocycles. The monoisotopic (exact) mass is 514 g/mol. The molecule has 4 rings (SSSR count). The number of benzene rings is 3.